The number of nitrogens with zero attached hydrogens (tertiary/aromatic N) is 1. The second-order valence-corrected chi connectivity index (χ2v) is 7.67. The molecule has 3 rings (SSSR count). The smallest absolute Gasteiger partial charge is 0.00684 e. The predicted octanol–water partition coefficient (Wildman–Crippen LogP) is 3.42. The highest BCUT2D eigenvalue weighted by molar-refractivity contribution is 4.92. The van der Waals surface area contributed by atoms with E-state index in [0.717, 1.165) is 12.0 Å². The Kier molecular flexibility index (Phi) is 4.48. The lowest BCUT2D eigenvalue weighted by molar-refractivity contribution is 0.0796. The molecule has 3 aliphatic rings. The highest BCUT2D eigenvalue weighted by atomic mass is 15.1. The van der Waals surface area contributed by atoms with Crippen LogP contribution in [0.5, 0.6) is 0 Å². The van der Waals surface area contributed by atoms with E-state index < -0.39 is 0 Å². The van der Waals surface area contributed by atoms with Crippen LogP contribution in [0.2, 0.25) is 0 Å². The lowest BCUT2D eigenvalue weighted by Crippen LogP contribution is -2.47. The lowest BCUT2D eigenvalue weighted by atomic mass is 9.73. The largest absolute Gasteiger partial charge is 0.313 e. The quantitative estimate of drug-likeness (QED) is 0.818. The fraction of sp³-hybridized carbons (Fsp3) is 1.00. The van der Waals surface area contributed by atoms with Crippen molar-refractivity contribution < 1.29 is 0 Å². The van der Waals surface area contributed by atoms with Crippen LogP contribution >= 0.6 is 0 Å². The Morgan fingerprint density at radius 1 is 1.00 bits per heavy atom. The standard InChI is InChI=1S/C17H32N2/c1-15-7-11-19(12-8-15)14-17(9-3-2-4-10-17)13-18-16-5-6-16/h15-16,18H,2-14H2,1H3. The highest BCUT2D eigenvalue weighted by Gasteiger charge is 2.36. The molecule has 0 spiro atoms. The summed E-state index contributed by atoms with van der Waals surface area (Å²) in [5.74, 6) is 0.961. The van der Waals surface area contributed by atoms with Gasteiger partial charge in [-0.05, 0) is 62.9 Å². The summed E-state index contributed by atoms with van der Waals surface area (Å²) in [6.45, 7) is 7.80. The molecule has 0 aromatic carbocycles. The van der Waals surface area contributed by atoms with Crippen LogP contribution in [0.15, 0.2) is 0 Å². The third kappa shape index (κ3) is 3.95. The summed E-state index contributed by atoms with van der Waals surface area (Å²) in [6, 6.07) is 0.875. The average Bonchev–Trinajstić information content (AvgIpc) is 3.25. The monoisotopic (exact) mass is 264 g/mol. The molecular weight excluding hydrogens is 232 g/mol. The first-order valence-corrected chi connectivity index (χ1v) is 8.72. The molecule has 1 saturated heterocycles. The number of nitrogens with one attached hydrogen (secondary N) is 1. The van der Waals surface area contributed by atoms with Crippen LogP contribution in [-0.4, -0.2) is 37.1 Å². The van der Waals surface area contributed by atoms with Crippen LogP contribution in [-0.2, 0) is 0 Å². The zero-order valence-corrected chi connectivity index (χ0v) is 12.8. The van der Waals surface area contributed by atoms with Gasteiger partial charge >= 0.3 is 0 Å². The van der Waals surface area contributed by atoms with Gasteiger partial charge in [0.2, 0.25) is 0 Å². The van der Waals surface area contributed by atoms with Crippen LogP contribution in [0.3, 0.4) is 0 Å². The molecule has 0 amide bonds. The van der Waals surface area contributed by atoms with Gasteiger partial charge in [0.15, 0.2) is 0 Å². The molecule has 2 aliphatic carbocycles. The molecule has 1 N–H and O–H groups in total. The van der Waals surface area contributed by atoms with Crippen LogP contribution in [0.1, 0.15) is 64.7 Å². The molecule has 2 heteroatoms. The van der Waals surface area contributed by atoms with Crippen molar-refractivity contribution in [3.8, 4) is 0 Å². The fourth-order valence-electron chi connectivity index (χ4n) is 4.04. The maximum atomic E-state index is 3.84. The molecule has 0 aromatic heterocycles. The number of hydrogen-bond donors (Lipinski definition) is 1. The second kappa shape index (κ2) is 6.13. The van der Waals surface area contributed by atoms with Crippen molar-refractivity contribution in [1.29, 1.82) is 0 Å². The van der Waals surface area contributed by atoms with Gasteiger partial charge < -0.3 is 10.2 Å². The first-order valence-electron chi connectivity index (χ1n) is 8.72. The third-order valence-corrected chi connectivity index (χ3v) is 5.69. The lowest BCUT2D eigenvalue weighted by Gasteiger charge is -2.43. The molecule has 2 saturated carbocycles. The molecule has 19 heavy (non-hydrogen) atoms. The van der Waals surface area contributed by atoms with Crippen LogP contribution in [0.25, 0.3) is 0 Å². The minimum absolute atomic E-state index is 0.613. The molecule has 0 aromatic rings. The first kappa shape index (κ1) is 13.9. The number of rotatable bonds is 5. The Hall–Kier alpha value is -0.0800. The predicted molar refractivity (Wildman–Crippen MR) is 81.4 cm³/mol. The maximum absolute atomic E-state index is 3.84. The molecule has 1 heterocycles. The Morgan fingerprint density at radius 2 is 1.68 bits per heavy atom. The van der Waals surface area contributed by atoms with Gasteiger partial charge in [-0.2, -0.15) is 0 Å². The van der Waals surface area contributed by atoms with Gasteiger partial charge in [-0.15, -0.1) is 0 Å². The Labute approximate surface area is 119 Å². The normalized spacial score (nSPS) is 29.5. The molecule has 110 valence electrons. The van der Waals surface area contributed by atoms with Crippen molar-refractivity contribution in [3.05, 3.63) is 0 Å². The van der Waals surface area contributed by atoms with Crippen molar-refractivity contribution >= 4 is 0 Å². The molecule has 0 atom stereocenters. The van der Waals surface area contributed by atoms with Crippen LogP contribution in [0.4, 0.5) is 0 Å². The van der Waals surface area contributed by atoms with Gasteiger partial charge in [-0.25, -0.2) is 0 Å². The zero-order chi connectivity index (χ0) is 13.1. The maximum Gasteiger partial charge on any atom is 0.00684 e. The summed E-state index contributed by atoms with van der Waals surface area (Å²) in [6.07, 6.45) is 13.1. The van der Waals surface area contributed by atoms with Gasteiger partial charge in [-0.1, -0.05) is 26.2 Å². The first-order chi connectivity index (χ1) is 9.26. The summed E-state index contributed by atoms with van der Waals surface area (Å²) in [5, 5.41) is 3.84. The minimum atomic E-state index is 0.613. The summed E-state index contributed by atoms with van der Waals surface area (Å²) < 4.78 is 0. The Balaban J connectivity index is 1.54. The Morgan fingerprint density at radius 3 is 2.32 bits per heavy atom. The van der Waals surface area contributed by atoms with E-state index in [9.17, 15) is 0 Å². The third-order valence-electron chi connectivity index (χ3n) is 5.69. The SMILES string of the molecule is CC1CCN(CC2(CNC3CC3)CCCCC2)CC1. The van der Waals surface area contributed by atoms with Gasteiger partial charge in [0.25, 0.3) is 0 Å². The average molecular weight is 264 g/mol. The molecule has 2 nitrogen and oxygen atoms in total. The summed E-state index contributed by atoms with van der Waals surface area (Å²) in [7, 11) is 0. The molecule has 0 unspecified atom stereocenters. The van der Waals surface area contributed by atoms with E-state index in [-0.39, 0.29) is 0 Å². The van der Waals surface area contributed by atoms with E-state index in [4.69, 9.17) is 0 Å². The van der Waals surface area contributed by atoms with Crippen LogP contribution in [0, 0.1) is 11.3 Å². The Bertz CT molecular complexity index is 271. The second-order valence-electron chi connectivity index (χ2n) is 7.67. The van der Waals surface area contributed by atoms with Gasteiger partial charge in [0.1, 0.15) is 0 Å². The summed E-state index contributed by atoms with van der Waals surface area (Å²) in [4.78, 5) is 2.78. The van der Waals surface area contributed by atoms with E-state index in [1.807, 2.05) is 0 Å². The van der Waals surface area contributed by atoms with E-state index in [2.05, 4.69) is 17.1 Å². The molecule has 1 aliphatic heterocycles. The number of hydrogen-bond acceptors (Lipinski definition) is 2. The van der Waals surface area contributed by atoms with Crippen molar-refractivity contribution in [2.75, 3.05) is 26.2 Å². The van der Waals surface area contributed by atoms with E-state index >= 15 is 0 Å². The van der Waals surface area contributed by atoms with Gasteiger partial charge in [-0.3, -0.25) is 0 Å². The van der Waals surface area contributed by atoms with Crippen LogP contribution < -0.4 is 5.32 Å². The molecular formula is C17H32N2. The van der Waals surface area contributed by atoms with E-state index in [0.29, 0.717) is 5.41 Å². The highest BCUT2D eigenvalue weighted by Crippen LogP contribution is 2.38. The van der Waals surface area contributed by atoms with Crippen molar-refractivity contribution in [2.24, 2.45) is 11.3 Å². The molecule has 0 radical (unpaired) electrons. The summed E-state index contributed by atoms with van der Waals surface area (Å²) in [5.41, 5.74) is 0.613. The zero-order valence-electron chi connectivity index (χ0n) is 12.8. The number of likely N-dealkylation sites (tertiary alicyclic amines) is 1. The van der Waals surface area contributed by atoms with Crippen molar-refractivity contribution in [1.82, 2.24) is 10.2 Å². The van der Waals surface area contributed by atoms with Gasteiger partial charge in [0, 0.05) is 19.1 Å². The van der Waals surface area contributed by atoms with E-state index in [1.165, 1.54) is 84.0 Å². The van der Waals surface area contributed by atoms with E-state index in [1.54, 1.807) is 0 Å². The van der Waals surface area contributed by atoms with Gasteiger partial charge in [0.05, 0.1) is 0 Å². The van der Waals surface area contributed by atoms with Crippen molar-refractivity contribution in [2.45, 2.75) is 70.8 Å². The molecule has 3 fully saturated rings. The summed E-state index contributed by atoms with van der Waals surface area (Å²) >= 11 is 0. The minimum Gasteiger partial charge on any atom is -0.313 e. The molecule has 0 bridgehead atoms. The topological polar surface area (TPSA) is 15.3 Å². The van der Waals surface area contributed by atoms with Crippen molar-refractivity contribution in [3.63, 3.8) is 0 Å². The number of piperidine rings is 1. The fourth-order valence-corrected chi connectivity index (χ4v) is 4.04.